The van der Waals surface area contributed by atoms with Crippen LogP contribution in [-0.4, -0.2) is 10.9 Å². The fraction of sp³-hybridized carbons (Fsp3) is 0.143. The van der Waals surface area contributed by atoms with Crippen molar-refractivity contribution in [3.05, 3.63) is 95.6 Å². The highest BCUT2D eigenvalue weighted by Crippen LogP contribution is 2.23. The molecule has 1 atom stereocenters. The summed E-state index contributed by atoms with van der Waals surface area (Å²) in [4.78, 5) is 17.2. The van der Waals surface area contributed by atoms with E-state index in [0.29, 0.717) is 6.42 Å². The highest BCUT2D eigenvalue weighted by atomic mass is 19.1. The zero-order chi connectivity index (χ0) is 17.6. The molecular weight excluding hydrogens is 315 g/mol. The molecule has 0 bridgehead atoms. The van der Waals surface area contributed by atoms with Crippen molar-refractivity contribution in [2.45, 2.75) is 19.3 Å². The molecule has 1 unspecified atom stereocenters. The van der Waals surface area contributed by atoms with Crippen LogP contribution in [0.3, 0.4) is 0 Å². The number of hydrogen-bond acceptors (Lipinski definition) is 2. The number of anilines is 1. The minimum Gasteiger partial charge on any atom is -0.326 e. The molecule has 0 aliphatic heterocycles. The van der Waals surface area contributed by atoms with Crippen molar-refractivity contribution >= 4 is 11.6 Å². The van der Waals surface area contributed by atoms with Crippen LogP contribution in [-0.2, 0) is 11.2 Å². The monoisotopic (exact) mass is 334 g/mol. The lowest BCUT2D eigenvalue weighted by molar-refractivity contribution is -0.117. The van der Waals surface area contributed by atoms with E-state index in [1.807, 2.05) is 49.4 Å². The van der Waals surface area contributed by atoms with Gasteiger partial charge in [0.25, 0.3) is 0 Å². The number of benzene rings is 2. The summed E-state index contributed by atoms with van der Waals surface area (Å²) in [6.07, 6.45) is 2.15. The molecular formula is C21H19FN2O. The van der Waals surface area contributed by atoms with Gasteiger partial charge in [0.15, 0.2) is 0 Å². The average molecular weight is 334 g/mol. The molecule has 0 aliphatic carbocycles. The van der Waals surface area contributed by atoms with Gasteiger partial charge in [-0.05, 0) is 54.4 Å². The number of rotatable bonds is 5. The molecule has 0 fully saturated rings. The summed E-state index contributed by atoms with van der Waals surface area (Å²) in [5.41, 5.74) is 3.40. The van der Waals surface area contributed by atoms with Gasteiger partial charge in [-0.25, -0.2) is 4.39 Å². The van der Waals surface area contributed by atoms with Crippen LogP contribution in [0.4, 0.5) is 10.1 Å². The van der Waals surface area contributed by atoms with Crippen molar-refractivity contribution in [1.29, 1.82) is 0 Å². The summed E-state index contributed by atoms with van der Waals surface area (Å²) < 4.78 is 13.3. The predicted octanol–water partition coefficient (Wildman–Crippen LogP) is 4.49. The molecule has 4 heteroatoms. The van der Waals surface area contributed by atoms with Gasteiger partial charge in [0.1, 0.15) is 5.82 Å². The summed E-state index contributed by atoms with van der Waals surface area (Å²) >= 11 is 0. The van der Waals surface area contributed by atoms with Crippen molar-refractivity contribution < 1.29 is 9.18 Å². The zero-order valence-electron chi connectivity index (χ0n) is 13.9. The van der Waals surface area contributed by atoms with Crippen LogP contribution in [0.2, 0.25) is 0 Å². The van der Waals surface area contributed by atoms with Crippen LogP contribution in [0, 0.1) is 12.7 Å². The van der Waals surface area contributed by atoms with Crippen LogP contribution in [0.5, 0.6) is 0 Å². The third-order valence-electron chi connectivity index (χ3n) is 4.01. The Morgan fingerprint density at radius 1 is 1.08 bits per heavy atom. The topological polar surface area (TPSA) is 42.0 Å². The Bertz CT molecular complexity index is 847. The molecule has 3 aromatic rings. The Morgan fingerprint density at radius 2 is 1.88 bits per heavy atom. The summed E-state index contributed by atoms with van der Waals surface area (Å²) in [5, 5.41) is 2.96. The maximum absolute atomic E-state index is 13.3. The first-order chi connectivity index (χ1) is 12.1. The molecule has 1 aromatic heterocycles. The number of hydrogen-bond donors (Lipinski definition) is 1. The number of aryl methyl sites for hydroxylation is 1. The number of carbonyl (C=O) groups is 1. The summed E-state index contributed by atoms with van der Waals surface area (Å²) in [7, 11) is 0. The lowest BCUT2D eigenvalue weighted by Gasteiger charge is -2.17. The Balaban J connectivity index is 1.87. The molecule has 0 spiro atoms. The smallest absolute Gasteiger partial charge is 0.232 e. The van der Waals surface area contributed by atoms with Crippen molar-refractivity contribution in [2.24, 2.45) is 0 Å². The molecule has 25 heavy (non-hydrogen) atoms. The van der Waals surface area contributed by atoms with E-state index in [0.717, 1.165) is 22.5 Å². The van der Waals surface area contributed by atoms with E-state index in [4.69, 9.17) is 0 Å². The van der Waals surface area contributed by atoms with Crippen LogP contribution < -0.4 is 5.32 Å². The van der Waals surface area contributed by atoms with E-state index in [2.05, 4.69) is 10.3 Å². The van der Waals surface area contributed by atoms with Gasteiger partial charge in [-0.1, -0.05) is 30.3 Å². The first-order valence-electron chi connectivity index (χ1n) is 8.15. The molecule has 0 aliphatic rings. The summed E-state index contributed by atoms with van der Waals surface area (Å²) in [6, 6.07) is 19.3. The molecule has 2 aromatic carbocycles. The molecule has 1 heterocycles. The highest BCUT2D eigenvalue weighted by molar-refractivity contribution is 5.96. The van der Waals surface area contributed by atoms with Gasteiger partial charge in [-0.15, -0.1) is 0 Å². The van der Waals surface area contributed by atoms with Gasteiger partial charge in [-0.3, -0.25) is 9.78 Å². The van der Waals surface area contributed by atoms with E-state index in [9.17, 15) is 9.18 Å². The molecule has 1 amide bonds. The molecule has 1 N–H and O–H groups in total. The fourth-order valence-corrected chi connectivity index (χ4v) is 2.74. The predicted molar refractivity (Wildman–Crippen MR) is 96.9 cm³/mol. The normalized spacial score (nSPS) is 11.8. The first-order valence-corrected chi connectivity index (χ1v) is 8.15. The highest BCUT2D eigenvalue weighted by Gasteiger charge is 2.22. The quantitative estimate of drug-likeness (QED) is 0.747. The van der Waals surface area contributed by atoms with Crippen molar-refractivity contribution in [3.8, 4) is 0 Å². The molecule has 3 rings (SSSR count). The van der Waals surface area contributed by atoms with Crippen LogP contribution >= 0.6 is 0 Å². The minimum atomic E-state index is -0.448. The minimum absolute atomic E-state index is 0.136. The van der Waals surface area contributed by atoms with Crippen molar-refractivity contribution in [3.63, 3.8) is 0 Å². The summed E-state index contributed by atoms with van der Waals surface area (Å²) in [5.74, 6) is -0.904. The molecule has 0 saturated heterocycles. The van der Waals surface area contributed by atoms with E-state index < -0.39 is 5.92 Å². The number of nitrogens with one attached hydrogen (secondary N) is 1. The number of aromatic nitrogens is 1. The Hall–Kier alpha value is -3.01. The van der Waals surface area contributed by atoms with E-state index in [1.165, 1.54) is 12.1 Å². The lowest BCUT2D eigenvalue weighted by atomic mass is 9.93. The average Bonchev–Trinajstić information content (AvgIpc) is 2.61. The molecule has 0 radical (unpaired) electrons. The Labute approximate surface area is 146 Å². The van der Waals surface area contributed by atoms with E-state index in [-0.39, 0.29) is 11.7 Å². The van der Waals surface area contributed by atoms with Gasteiger partial charge in [0, 0.05) is 24.0 Å². The van der Waals surface area contributed by atoms with Gasteiger partial charge in [-0.2, -0.15) is 0 Å². The molecule has 0 saturated carbocycles. The van der Waals surface area contributed by atoms with E-state index >= 15 is 0 Å². The Morgan fingerprint density at radius 3 is 2.56 bits per heavy atom. The lowest BCUT2D eigenvalue weighted by Crippen LogP contribution is -2.23. The van der Waals surface area contributed by atoms with Gasteiger partial charge in [0.2, 0.25) is 5.91 Å². The second kappa shape index (κ2) is 7.71. The number of nitrogens with zero attached hydrogens (tertiary/aromatic N) is 1. The second-order valence-electron chi connectivity index (χ2n) is 5.99. The number of halogens is 1. The van der Waals surface area contributed by atoms with Crippen molar-refractivity contribution in [1.82, 2.24) is 4.98 Å². The third-order valence-corrected chi connectivity index (χ3v) is 4.01. The van der Waals surface area contributed by atoms with Gasteiger partial charge >= 0.3 is 0 Å². The van der Waals surface area contributed by atoms with Crippen molar-refractivity contribution in [2.75, 3.05) is 5.32 Å². The molecule has 3 nitrogen and oxygen atoms in total. The number of carbonyl (C=O) groups excluding carboxylic acids is 1. The number of amides is 1. The third kappa shape index (κ3) is 4.51. The Kier molecular flexibility index (Phi) is 5.19. The first kappa shape index (κ1) is 16.8. The van der Waals surface area contributed by atoms with Crippen LogP contribution in [0.15, 0.2) is 72.9 Å². The summed E-state index contributed by atoms with van der Waals surface area (Å²) in [6.45, 7) is 1.97. The zero-order valence-corrected chi connectivity index (χ0v) is 13.9. The maximum atomic E-state index is 13.3. The van der Waals surface area contributed by atoms with E-state index in [1.54, 1.807) is 18.3 Å². The number of pyridine rings is 1. The van der Waals surface area contributed by atoms with Gasteiger partial charge in [0.05, 0.1) is 5.92 Å². The maximum Gasteiger partial charge on any atom is 0.232 e. The van der Waals surface area contributed by atoms with Crippen LogP contribution in [0.25, 0.3) is 0 Å². The van der Waals surface area contributed by atoms with Crippen LogP contribution in [0.1, 0.15) is 22.7 Å². The van der Waals surface area contributed by atoms with Gasteiger partial charge < -0.3 is 5.32 Å². The second-order valence-corrected chi connectivity index (χ2v) is 5.99. The SMILES string of the molecule is Cc1cccc(NC(=O)C(Cc2ccccn2)c2ccc(F)cc2)c1. The molecule has 126 valence electrons. The largest absolute Gasteiger partial charge is 0.326 e. The fourth-order valence-electron chi connectivity index (χ4n) is 2.74. The standard InChI is InChI=1S/C21H19FN2O/c1-15-5-4-7-19(13-15)24-21(25)20(14-18-6-2-3-12-23-18)16-8-10-17(22)11-9-16/h2-13,20H,14H2,1H3,(H,24,25).